The standard InChI is InChI=1S/C38H49F2N5O7/c1-24(23-51-25(2)46)41-36(48)45(20-28-19-44(22-33(28)47)37(49)52-38(3,4)5)34(27-13-15-50-16-14-27)35-42-32(30-17-29(39)11-12-31(30)40)21-43(35)18-26-9-7-6-8-10-26/h6-12,17,21,24,27-28,33-34,47H,13-16,18-20,22-23H2,1-5H3,(H,41,48)/t24-,28+,33-,34-/m1/s1. The van der Waals surface area contributed by atoms with Crippen molar-refractivity contribution in [3.8, 4) is 11.3 Å². The number of ether oxygens (including phenoxy) is 3. The normalized spacial score (nSPS) is 19.2. The monoisotopic (exact) mass is 725 g/mol. The zero-order chi connectivity index (χ0) is 37.6. The van der Waals surface area contributed by atoms with Gasteiger partial charge in [-0.1, -0.05) is 30.3 Å². The summed E-state index contributed by atoms with van der Waals surface area (Å²) < 4.78 is 48.0. The third kappa shape index (κ3) is 10.1. The van der Waals surface area contributed by atoms with Crippen molar-refractivity contribution in [3.05, 3.63) is 77.8 Å². The lowest BCUT2D eigenvalue weighted by molar-refractivity contribution is -0.141. The number of benzene rings is 2. The van der Waals surface area contributed by atoms with E-state index < -0.39 is 59.4 Å². The van der Waals surface area contributed by atoms with E-state index in [-0.39, 0.29) is 43.4 Å². The summed E-state index contributed by atoms with van der Waals surface area (Å²) in [5, 5.41) is 14.3. The molecule has 14 heteroatoms. The van der Waals surface area contributed by atoms with Gasteiger partial charge in [0, 0.05) is 57.4 Å². The summed E-state index contributed by atoms with van der Waals surface area (Å²) in [4.78, 5) is 47.1. The summed E-state index contributed by atoms with van der Waals surface area (Å²) >= 11 is 0. The molecule has 0 spiro atoms. The average molecular weight is 726 g/mol. The lowest BCUT2D eigenvalue weighted by Crippen LogP contribution is -2.52. The van der Waals surface area contributed by atoms with Gasteiger partial charge in [-0.15, -0.1) is 0 Å². The number of esters is 1. The van der Waals surface area contributed by atoms with Gasteiger partial charge in [-0.3, -0.25) is 4.79 Å². The molecule has 4 atom stereocenters. The molecule has 2 N–H and O–H groups in total. The number of aliphatic hydroxyl groups excluding tert-OH is 1. The lowest BCUT2D eigenvalue weighted by Gasteiger charge is -2.40. The molecule has 0 aliphatic carbocycles. The number of likely N-dealkylation sites (tertiary alicyclic amines) is 1. The van der Waals surface area contributed by atoms with E-state index in [1.165, 1.54) is 11.8 Å². The van der Waals surface area contributed by atoms with Gasteiger partial charge in [-0.25, -0.2) is 23.4 Å². The van der Waals surface area contributed by atoms with Crippen molar-refractivity contribution in [2.45, 2.75) is 77.8 Å². The molecule has 3 heterocycles. The summed E-state index contributed by atoms with van der Waals surface area (Å²) in [7, 11) is 0. The van der Waals surface area contributed by atoms with Crippen LogP contribution in [0.25, 0.3) is 11.3 Å². The fourth-order valence-corrected chi connectivity index (χ4v) is 6.70. The molecular weight excluding hydrogens is 676 g/mol. The molecule has 282 valence electrons. The maximum absolute atomic E-state index is 15.2. The average Bonchev–Trinajstić information content (AvgIpc) is 3.67. The number of nitrogens with one attached hydrogen (secondary N) is 1. The number of nitrogens with zero attached hydrogens (tertiary/aromatic N) is 4. The highest BCUT2D eigenvalue weighted by atomic mass is 19.1. The Balaban J connectivity index is 1.60. The Morgan fingerprint density at radius 2 is 1.81 bits per heavy atom. The largest absolute Gasteiger partial charge is 0.464 e. The maximum atomic E-state index is 15.2. The van der Waals surface area contributed by atoms with E-state index in [4.69, 9.17) is 19.2 Å². The van der Waals surface area contributed by atoms with Crippen LogP contribution in [0, 0.1) is 23.5 Å². The van der Waals surface area contributed by atoms with Crippen molar-refractivity contribution in [1.82, 2.24) is 24.7 Å². The minimum atomic E-state index is -0.974. The van der Waals surface area contributed by atoms with Crippen LogP contribution in [0.1, 0.15) is 64.9 Å². The number of hydrogen-bond acceptors (Lipinski definition) is 8. The van der Waals surface area contributed by atoms with E-state index >= 15 is 4.39 Å². The van der Waals surface area contributed by atoms with E-state index in [2.05, 4.69) is 5.32 Å². The molecule has 0 radical (unpaired) electrons. The Morgan fingerprint density at radius 3 is 2.48 bits per heavy atom. The summed E-state index contributed by atoms with van der Waals surface area (Å²) in [5.74, 6) is -2.08. The number of urea groups is 1. The van der Waals surface area contributed by atoms with Crippen LogP contribution in [0.15, 0.2) is 54.7 Å². The Hall–Kier alpha value is -4.56. The van der Waals surface area contributed by atoms with E-state index in [9.17, 15) is 23.9 Å². The molecule has 0 unspecified atom stereocenters. The van der Waals surface area contributed by atoms with Crippen LogP contribution in [0.3, 0.4) is 0 Å². The molecule has 52 heavy (non-hydrogen) atoms. The van der Waals surface area contributed by atoms with Crippen molar-refractivity contribution in [2.24, 2.45) is 11.8 Å². The van der Waals surface area contributed by atoms with Crippen molar-refractivity contribution in [2.75, 3.05) is 39.5 Å². The van der Waals surface area contributed by atoms with Crippen molar-refractivity contribution < 1.29 is 42.5 Å². The number of carbonyl (C=O) groups excluding carboxylic acids is 3. The van der Waals surface area contributed by atoms with Gasteiger partial charge in [0.2, 0.25) is 0 Å². The number of hydrogen-bond donors (Lipinski definition) is 2. The Kier molecular flexibility index (Phi) is 12.5. The van der Waals surface area contributed by atoms with Crippen molar-refractivity contribution >= 4 is 18.1 Å². The zero-order valence-corrected chi connectivity index (χ0v) is 30.4. The summed E-state index contributed by atoms with van der Waals surface area (Å²) in [6.45, 7) is 9.55. The van der Waals surface area contributed by atoms with E-state index in [0.29, 0.717) is 38.4 Å². The minimum absolute atomic E-state index is 0.0104. The van der Waals surface area contributed by atoms with Gasteiger partial charge >= 0.3 is 18.1 Å². The zero-order valence-electron chi connectivity index (χ0n) is 30.4. The molecule has 2 fully saturated rings. The number of rotatable bonds is 11. The maximum Gasteiger partial charge on any atom is 0.410 e. The molecule has 3 amide bonds. The minimum Gasteiger partial charge on any atom is -0.464 e. The number of halogens is 2. The third-order valence-electron chi connectivity index (χ3n) is 9.18. The predicted molar refractivity (Wildman–Crippen MR) is 188 cm³/mol. The molecule has 2 aliphatic rings. The summed E-state index contributed by atoms with van der Waals surface area (Å²) in [5.41, 5.74) is 0.348. The number of amides is 3. The molecule has 2 aliphatic heterocycles. The quantitative estimate of drug-likeness (QED) is 0.247. The lowest BCUT2D eigenvalue weighted by atomic mass is 9.89. The van der Waals surface area contributed by atoms with Gasteiger partial charge in [-0.2, -0.15) is 0 Å². The number of carbonyl (C=O) groups is 3. The second-order valence-corrected chi connectivity index (χ2v) is 14.6. The van der Waals surface area contributed by atoms with Crippen LogP contribution in [0.5, 0.6) is 0 Å². The first-order valence-corrected chi connectivity index (χ1v) is 17.7. The van der Waals surface area contributed by atoms with Crippen LogP contribution >= 0.6 is 0 Å². The topological polar surface area (TPSA) is 135 Å². The first kappa shape index (κ1) is 38.7. The first-order chi connectivity index (χ1) is 24.7. The Bertz CT molecular complexity index is 1690. The fourth-order valence-electron chi connectivity index (χ4n) is 6.70. The van der Waals surface area contributed by atoms with Crippen LogP contribution < -0.4 is 5.32 Å². The van der Waals surface area contributed by atoms with Crippen LogP contribution in [0.2, 0.25) is 0 Å². The van der Waals surface area contributed by atoms with Gasteiger partial charge in [-0.05, 0) is 70.2 Å². The second kappa shape index (κ2) is 16.8. The Morgan fingerprint density at radius 1 is 1.10 bits per heavy atom. The van der Waals surface area contributed by atoms with Gasteiger partial charge in [0.1, 0.15) is 29.7 Å². The number of imidazole rings is 1. The molecule has 0 saturated carbocycles. The SMILES string of the molecule is CC(=O)OC[C@@H](C)NC(=O)N(C[C@@H]1CN(C(=O)OC(C)(C)C)C[C@H]1O)[C@@H](c1nc(-c2cc(F)ccc2F)cn1Cc1ccccc1)C1CCOCC1. The second-order valence-electron chi connectivity index (χ2n) is 14.6. The van der Waals surface area contributed by atoms with E-state index in [1.54, 1.807) is 38.8 Å². The molecule has 1 aromatic heterocycles. The summed E-state index contributed by atoms with van der Waals surface area (Å²) in [6, 6.07) is 10.9. The van der Waals surface area contributed by atoms with Crippen molar-refractivity contribution in [3.63, 3.8) is 0 Å². The molecular formula is C38H49F2N5O7. The van der Waals surface area contributed by atoms with Crippen LogP contribution in [-0.2, 0) is 25.5 Å². The highest BCUT2D eigenvalue weighted by Gasteiger charge is 2.43. The van der Waals surface area contributed by atoms with Gasteiger partial charge in [0.25, 0.3) is 0 Å². The highest BCUT2D eigenvalue weighted by molar-refractivity contribution is 5.75. The molecule has 12 nitrogen and oxygen atoms in total. The number of aromatic nitrogens is 2. The third-order valence-corrected chi connectivity index (χ3v) is 9.18. The molecule has 3 aromatic rings. The van der Waals surface area contributed by atoms with Gasteiger partial charge < -0.3 is 39.0 Å². The molecule has 5 rings (SSSR count). The van der Waals surface area contributed by atoms with E-state index in [0.717, 1.165) is 23.8 Å². The van der Waals surface area contributed by atoms with E-state index in [1.807, 2.05) is 34.9 Å². The first-order valence-electron chi connectivity index (χ1n) is 17.7. The van der Waals surface area contributed by atoms with Gasteiger partial charge in [0.05, 0.1) is 30.4 Å². The Labute approximate surface area is 303 Å². The summed E-state index contributed by atoms with van der Waals surface area (Å²) in [6.07, 6.45) is 1.26. The number of aliphatic hydroxyl groups is 1. The van der Waals surface area contributed by atoms with Gasteiger partial charge in [0.15, 0.2) is 0 Å². The van der Waals surface area contributed by atoms with Crippen molar-refractivity contribution in [1.29, 1.82) is 0 Å². The molecule has 0 bridgehead atoms. The predicted octanol–water partition coefficient (Wildman–Crippen LogP) is 5.54. The smallest absolute Gasteiger partial charge is 0.410 e. The highest BCUT2D eigenvalue weighted by Crippen LogP contribution is 2.38. The number of β-amino-alcohol motifs (C(OH)–C–C–N with tert-alkyl or cyclic N) is 1. The molecule has 2 saturated heterocycles. The molecule has 2 aromatic carbocycles. The fraction of sp³-hybridized carbons (Fsp3) is 0.526. The van der Waals surface area contributed by atoms with Crippen LogP contribution in [0.4, 0.5) is 18.4 Å². The van der Waals surface area contributed by atoms with Crippen LogP contribution in [-0.4, -0.2) is 99.8 Å².